The number of hydrogen-bond donors (Lipinski definition) is 2. The van der Waals surface area contributed by atoms with Gasteiger partial charge in [-0.25, -0.2) is 18.2 Å². The highest BCUT2D eigenvalue weighted by Gasteiger charge is 2.48. The fourth-order valence-electron chi connectivity index (χ4n) is 4.74. The van der Waals surface area contributed by atoms with Crippen molar-refractivity contribution in [1.29, 1.82) is 0 Å². The first-order chi connectivity index (χ1) is 17.8. The highest BCUT2D eigenvalue weighted by Crippen LogP contribution is 2.48. The number of alkyl halides is 2. The van der Waals surface area contributed by atoms with Crippen LogP contribution in [0.4, 0.5) is 24.5 Å². The van der Waals surface area contributed by atoms with Crippen molar-refractivity contribution in [2.45, 2.75) is 31.6 Å². The Labute approximate surface area is 209 Å². The average molecular weight is 512 g/mol. The lowest BCUT2D eigenvalue weighted by molar-refractivity contribution is -0.0925. The second kappa shape index (κ2) is 8.87. The van der Waals surface area contributed by atoms with Crippen molar-refractivity contribution in [1.82, 2.24) is 24.8 Å². The van der Waals surface area contributed by atoms with Gasteiger partial charge in [-0.1, -0.05) is 5.16 Å². The number of hydrogen-bond acceptors (Lipinski definition) is 7. The van der Waals surface area contributed by atoms with Crippen LogP contribution in [-0.2, 0) is 0 Å². The van der Waals surface area contributed by atoms with E-state index in [1.165, 1.54) is 18.3 Å². The van der Waals surface area contributed by atoms with Gasteiger partial charge in [0.15, 0.2) is 0 Å². The first-order valence-corrected chi connectivity index (χ1v) is 12.0. The lowest BCUT2D eigenvalue weighted by atomic mass is 9.81. The van der Waals surface area contributed by atoms with Crippen LogP contribution in [0, 0.1) is 12.7 Å². The van der Waals surface area contributed by atoms with Crippen molar-refractivity contribution in [3.63, 3.8) is 0 Å². The van der Waals surface area contributed by atoms with E-state index >= 15 is 0 Å². The Morgan fingerprint density at radius 3 is 2.76 bits per heavy atom. The van der Waals surface area contributed by atoms with Crippen molar-refractivity contribution in [3.05, 3.63) is 59.6 Å². The van der Waals surface area contributed by atoms with Crippen LogP contribution in [0.1, 0.15) is 40.7 Å². The summed E-state index contributed by atoms with van der Waals surface area (Å²) < 4.78 is 48.0. The van der Waals surface area contributed by atoms with Crippen molar-refractivity contribution in [2.24, 2.45) is 0 Å². The topological polar surface area (TPSA) is 101 Å². The largest absolute Gasteiger partial charge is 0.369 e. The van der Waals surface area contributed by atoms with E-state index in [9.17, 15) is 18.0 Å². The van der Waals surface area contributed by atoms with Gasteiger partial charge in [0, 0.05) is 79.7 Å². The average Bonchev–Trinajstić information content (AvgIpc) is 3.53. The number of pyridine rings is 1. The van der Waals surface area contributed by atoms with Crippen LogP contribution in [0.3, 0.4) is 0 Å². The van der Waals surface area contributed by atoms with Crippen LogP contribution in [0.25, 0.3) is 17.0 Å². The van der Waals surface area contributed by atoms with E-state index in [4.69, 9.17) is 4.52 Å². The second-order valence-electron chi connectivity index (χ2n) is 9.50. The minimum absolute atomic E-state index is 0.0647. The summed E-state index contributed by atoms with van der Waals surface area (Å²) in [6, 6.07) is 6.63. The molecule has 1 aliphatic heterocycles. The quantitative estimate of drug-likeness (QED) is 0.418. The molecule has 0 spiro atoms. The normalized spacial score (nSPS) is 17.7. The number of rotatable bonds is 5. The molecular formula is C25H24F3N7O2. The Morgan fingerprint density at radius 1 is 1.22 bits per heavy atom. The Balaban J connectivity index is 1.23. The number of imidazole rings is 1. The smallest absolute Gasteiger partial charge is 0.274 e. The number of nitrogens with one attached hydrogen (secondary N) is 2. The Hall–Kier alpha value is -3.93. The van der Waals surface area contributed by atoms with Gasteiger partial charge in [-0.15, -0.1) is 0 Å². The maximum absolute atomic E-state index is 14.8. The van der Waals surface area contributed by atoms with E-state index in [0.717, 1.165) is 31.9 Å². The van der Waals surface area contributed by atoms with E-state index in [1.54, 1.807) is 17.5 Å². The molecule has 4 aromatic rings. The standard InChI is InChI=1S/C25H24F3N7O2/c1-14-18(26)8-15(22-32-24(37-33-22)16-11-25(27,28)12-16)9-19(14)31-23(36)20-13-30-21-10-17(2-5-35(20)21)34-6-3-29-4-7-34/h2,5,8-10,13,16,29H,3-4,6-7,11-12H2,1H3,(H,31,36). The molecule has 0 atom stereocenters. The minimum Gasteiger partial charge on any atom is -0.369 e. The third-order valence-electron chi connectivity index (χ3n) is 6.94. The number of benzene rings is 1. The fourth-order valence-corrected chi connectivity index (χ4v) is 4.74. The molecule has 2 fully saturated rings. The van der Waals surface area contributed by atoms with Crippen molar-refractivity contribution < 1.29 is 22.5 Å². The second-order valence-corrected chi connectivity index (χ2v) is 9.50. The number of piperazine rings is 1. The molecular weight excluding hydrogens is 487 g/mol. The number of fused-ring (bicyclic) bond motifs is 1. The van der Waals surface area contributed by atoms with Crippen LogP contribution < -0.4 is 15.5 Å². The van der Waals surface area contributed by atoms with Crippen LogP contribution in [0.5, 0.6) is 0 Å². The number of amides is 1. The molecule has 192 valence electrons. The third kappa shape index (κ3) is 4.41. The van der Waals surface area contributed by atoms with Gasteiger partial charge in [0.25, 0.3) is 5.91 Å². The first kappa shape index (κ1) is 23.5. The summed E-state index contributed by atoms with van der Waals surface area (Å²) in [5.41, 5.74) is 2.67. The molecule has 1 amide bonds. The number of aromatic nitrogens is 4. The van der Waals surface area contributed by atoms with E-state index < -0.39 is 23.6 Å². The Kier molecular flexibility index (Phi) is 5.63. The Bertz CT molecular complexity index is 1480. The summed E-state index contributed by atoms with van der Waals surface area (Å²) in [5.74, 6) is -4.13. The van der Waals surface area contributed by atoms with Crippen molar-refractivity contribution in [2.75, 3.05) is 36.4 Å². The zero-order valence-electron chi connectivity index (χ0n) is 20.0. The summed E-state index contributed by atoms with van der Waals surface area (Å²) in [4.78, 5) is 24.0. The van der Waals surface area contributed by atoms with Gasteiger partial charge in [0.2, 0.25) is 17.6 Å². The van der Waals surface area contributed by atoms with Gasteiger partial charge in [0.05, 0.1) is 6.20 Å². The highest BCUT2D eigenvalue weighted by molar-refractivity contribution is 6.04. The maximum Gasteiger partial charge on any atom is 0.274 e. The number of anilines is 2. The summed E-state index contributed by atoms with van der Waals surface area (Å²) in [7, 11) is 0. The van der Waals surface area contributed by atoms with Gasteiger partial charge in [-0.2, -0.15) is 4.98 Å². The summed E-state index contributed by atoms with van der Waals surface area (Å²) in [6.45, 7) is 5.13. The molecule has 37 heavy (non-hydrogen) atoms. The molecule has 2 N–H and O–H groups in total. The lowest BCUT2D eigenvalue weighted by Crippen LogP contribution is -2.43. The molecule has 1 saturated carbocycles. The summed E-state index contributed by atoms with van der Waals surface area (Å²) >= 11 is 0. The van der Waals surface area contributed by atoms with Gasteiger partial charge >= 0.3 is 0 Å². The number of nitrogens with zero attached hydrogens (tertiary/aromatic N) is 5. The molecule has 12 heteroatoms. The van der Waals surface area contributed by atoms with Crippen molar-refractivity contribution >= 4 is 22.9 Å². The molecule has 2 aliphatic rings. The number of carbonyl (C=O) groups is 1. The molecule has 0 radical (unpaired) electrons. The van der Waals surface area contributed by atoms with Crippen molar-refractivity contribution in [3.8, 4) is 11.4 Å². The van der Waals surface area contributed by atoms with Crippen LogP contribution >= 0.6 is 0 Å². The predicted molar refractivity (Wildman–Crippen MR) is 130 cm³/mol. The van der Waals surface area contributed by atoms with Gasteiger partial charge in [-0.05, 0) is 25.1 Å². The molecule has 1 saturated heterocycles. The molecule has 1 aliphatic carbocycles. The van der Waals surface area contributed by atoms with E-state index in [0.29, 0.717) is 11.3 Å². The first-order valence-electron chi connectivity index (χ1n) is 12.0. The zero-order chi connectivity index (χ0) is 25.7. The van der Waals surface area contributed by atoms with Crippen LogP contribution in [-0.4, -0.2) is 57.5 Å². The van der Waals surface area contributed by atoms with Gasteiger partial charge in [0.1, 0.15) is 17.2 Å². The van der Waals surface area contributed by atoms with Crippen LogP contribution in [0.15, 0.2) is 41.2 Å². The minimum atomic E-state index is -2.73. The number of carbonyl (C=O) groups excluding carboxylic acids is 1. The molecule has 4 heterocycles. The van der Waals surface area contributed by atoms with E-state index in [-0.39, 0.29) is 41.4 Å². The van der Waals surface area contributed by atoms with E-state index in [2.05, 4.69) is 30.7 Å². The molecule has 1 aromatic carbocycles. The van der Waals surface area contributed by atoms with Crippen LogP contribution in [0.2, 0.25) is 0 Å². The monoisotopic (exact) mass is 511 g/mol. The fraction of sp³-hybridized carbons (Fsp3) is 0.360. The SMILES string of the molecule is Cc1c(F)cc(-c2noc(C3CC(F)(F)C3)n2)cc1NC(=O)c1cnc2cc(N3CCNCC3)ccn12. The number of halogens is 3. The summed E-state index contributed by atoms with van der Waals surface area (Å²) in [5, 5.41) is 9.90. The third-order valence-corrected chi connectivity index (χ3v) is 6.94. The lowest BCUT2D eigenvalue weighted by Gasteiger charge is -2.31. The Morgan fingerprint density at radius 2 is 2.00 bits per heavy atom. The molecule has 0 unspecified atom stereocenters. The highest BCUT2D eigenvalue weighted by atomic mass is 19.3. The molecule has 0 bridgehead atoms. The molecule has 6 rings (SSSR count). The summed E-state index contributed by atoms with van der Waals surface area (Å²) in [6.07, 6.45) is 2.56. The predicted octanol–water partition coefficient (Wildman–Crippen LogP) is 4.01. The van der Waals surface area contributed by atoms with Gasteiger partial charge < -0.3 is 20.1 Å². The zero-order valence-corrected chi connectivity index (χ0v) is 20.0. The van der Waals surface area contributed by atoms with Gasteiger partial charge in [-0.3, -0.25) is 9.20 Å². The molecule has 9 nitrogen and oxygen atoms in total. The molecule has 3 aromatic heterocycles. The van der Waals surface area contributed by atoms with E-state index in [1.807, 2.05) is 12.1 Å². The maximum atomic E-state index is 14.8.